The Morgan fingerprint density at radius 1 is 1.07 bits per heavy atom. The van der Waals surface area contributed by atoms with Gasteiger partial charge in [-0.25, -0.2) is 9.97 Å². The second kappa shape index (κ2) is 7.18. The van der Waals surface area contributed by atoms with Gasteiger partial charge in [-0.2, -0.15) is 0 Å². The van der Waals surface area contributed by atoms with E-state index in [0.717, 1.165) is 31.2 Å². The van der Waals surface area contributed by atoms with Gasteiger partial charge in [0.15, 0.2) is 11.5 Å². The number of fused-ring (bicyclic) bond motifs is 2. The van der Waals surface area contributed by atoms with E-state index in [9.17, 15) is 4.79 Å². The molecule has 0 aliphatic carbocycles. The molecule has 0 saturated carbocycles. The summed E-state index contributed by atoms with van der Waals surface area (Å²) in [6.45, 7) is 3.42. The van der Waals surface area contributed by atoms with Gasteiger partial charge in [0.05, 0.1) is 33.4 Å². The topological polar surface area (TPSA) is 77.0 Å². The van der Waals surface area contributed by atoms with Gasteiger partial charge in [-0.1, -0.05) is 0 Å². The first kappa shape index (κ1) is 18.3. The predicted molar refractivity (Wildman–Crippen MR) is 103 cm³/mol. The molecule has 3 fully saturated rings. The number of nitrogens with zero attached hydrogens (tertiary/aromatic N) is 4. The molecule has 0 radical (unpaired) electrons. The highest BCUT2D eigenvalue weighted by atomic mass is 16.5. The third kappa shape index (κ3) is 2.98. The average molecular weight is 384 g/mol. The number of hydrogen-bond acceptors (Lipinski definition) is 7. The second-order valence-corrected chi connectivity index (χ2v) is 7.04. The van der Waals surface area contributed by atoms with Crippen molar-refractivity contribution in [3.05, 3.63) is 35.8 Å². The van der Waals surface area contributed by atoms with Gasteiger partial charge in [0.1, 0.15) is 11.6 Å². The zero-order valence-electron chi connectivity index (χ0n) is 16.5. The number of aromatic nitrogens is 2. The maximum Gasteiger partial charge on any atom is 0.254 e. The number of anilines is 1. The van der Waals surface area contributed by atoms with Crippen LogP contribution in [-0.2, 0) is 0 Å². The van der Waals surface area contributed by atoms with Crippen molar-refractivity contribution >= 4 is 11.7 Å². The largest absolute Gasteiger partial charge is 0.493 e. The van der Waals surface area contributed by atoms with Crippen LogP contribution in [-0.4, -0.2) is 67.3 Å². The normalized spacial score (nSPS) is 20.4. The van der Waals surface area contributed by atoms with E-state index < -0.39 is 0 Å². The molecule has 148 valence electrons. The Bertz CT molecular complexity index is 867. The van der Waals surface area contributed by atoms with Crippen molar-refractivity contribution < 1.29 is 19.0 Å². The van der Waals surface area contributed by atoms with Gasteiger partial charge in [0, 0.05) is 24.8 Å². The number of rotatable bonds is 5. The molecule has 1 aromatic carbocycles. The van der Waals surface area contributed by atoms with E-state index in [-0.39, 0.29) is 18.0 Å². The molecule has 4 heterocycles. The molecule has 0 spiro atoms. The van der Waals surface area contributed by atoms with Crippen LogP contribution in [0.25, 0.3) is 0 Å². The molecule has 0 N–H and O–H groups in total. The Balaban J connectivity index is 1.55. The maximum absolute atomic E-state index is 13.2. The lowest BCUT2D eigenvalue weighted by Crippen LogP contribution is -2.70. The van der Waals surface area contributed by atoms with E-state index in [1.165, 1.54) is 0 Å². The third-order valence-electron chi connectivity index (χ3n) is 5.42. The molecule has 2 atom stereocenters. The lowest BCUT2D eigenvalue weighted by Gasteiger charge is -2.56. The summed E-state index contributed by atoms with van der Waals surface area (Å²) in [4.78, 5) is 26.1. The van der Waals surface area contributed by atoms with Crippen LogP contribution >= 0.6 is 0 Å². The van der Waals surface area contributed by atoms with E-state index in [4.69, 9.17) is 14.2 Å². The van der Waals surface area contributed by atoms with Crippen molar-refractivity contribution in [1.82, 2.24) is 14.9 Å². The molecule has 28 heavy (non-hydrogen) atoms. The molecule has 5 rings (SSSR count). The fourth-order valence-electron chi connectivity index (χ4n) is 4.10. The van der Waals surface area contributed by atoms with Gasteiger partial charge >= 0.3 is 0 Å². The van der Waals surface area contributed by atoms with E-state index in [1.807, 2.05) is 17.9 Å². The van der Waals surface area contributed by atoms with Gasteiger partial charge in [0.25, 0.3) is 5.91 Å². The van der Waals surface area contributed by atoms with Crippen LogP contribution < -0.4 is 19.1 Å². The zero-order valence-corrected chi connectivity index (χ0v) is 16.5. The Morgan fingerprint density at radius 2 is 1.71 bits per heavy atom. The van der Waals surface area contributed by atoms with Crippen LogP contribution in [0.2, 0.25) is 0 Å². The molecule has 2 bridgehead atoms. The van der Waals surface area contributed by atoms with Crippen molar-refractivity contribution in [1.29, 1.82) is 0 Å². The van der Waals surface area contributed by atoms with Crippen LogP contribution in [0.1, 0.15) is 22.6 Å². The molecule has 3 saturated heterocycles. The van der Waals surface area contributed by atoms with Gasteiger partial charge in [0.2, 0.25) is 5.75 Å². The summed E-state index contributed by atoms with van der Waals surface area (Å²) in [6.07, 6.45) is 2.79. The van der Waals surface area contributed by atoms with Crippen LogP contribution in [0.15, 0.2) is 24.4 Å². The molecule has 8 heteroatoms. The summed E-state index contributed by atoms with van der Waals surface area (Å²) in [6, 6.07) is 5.68. The Kier molecular flexibility index (Phi) is 4.70. The number of amides is 1. The van der Waals surface area contributed by atoms with Crippen molar-refractivity contribution in [3.8, 4) is 17.2 Å². The summed E-state index contributed by atoms with van der Waals surface area (Å²) in [5.74, 6) is 3.10. The molecule has 8 nitrogen and oxygen atoms in total. The van der Waals surface area contributed by atoms with E-state index in [2.05, 4.69) is 14.9 Å². The van der Waals surface area contributed by atoms with Gasteiger partial charge in [-0.15, -0.1) is 0 Å². The summed E-state index contributed by atoms with van der Waals surface area (Å²) in [5.41, 5.74) is 0.538. The standard InChI is InChI=1S/C20H24N4O4/c1-12-21-6-5-18(22-12)23-10-14-9-15(11-23)24(14)20(25)13-7-16(26-2)19(28-4)17(8-13)27-3/h5-8,14-15H,9-11H2,1-4H3. The van der Waals surface area contributed by atoms with Crippen LogP contribution in [0.4, 0.5) is 5.82 Å². The number of piperidine rings is 1. The molecule has 1 aromatic heterocycles. The van der Waals surface area contributed by atoms with Crippen molar-refractivity contribution in [2.75, 3.05) is 39.3 Å². The first-order chi connectivity index (χ1) is 13.5. The van der Waals surface area contributed by atoms with Crippen LogP contribution in [0.3, 0.4) is 0 Å². The summed E-state index contributed by atoms with van der Waals surface area (Å²) < 4.78 is 16.1. The average Bonchev–Trinajstić information content (AvgIpc) is 2.72. The molecule has 3 aliphatic heterocycles. The Hall–Kier alpha value is -3.03. The lowest BCUT2D eigenvalue weighted by atomic mass is 9.86. The minimum Gasteiger partial charge on any atom is -0.493 e. The molecule has 1 amide bonds. The van der Waals surface area contributed by atoms with Crippen molar-refractivity contribution in [3.63, 3.8) is 0 Å². The highest BCUT2D eigenvalue weighted by Gasteiger charge is 2.47. The molecule has 2 unspecified atom stereocenters. The monoisotopic (exact) mass is 384 g/mol. The van der Waals surface area contributed by atoms with Crippen LogP contribution in [0, 0.1) is 6.92 Å². The lowest BCUT2D eigenvalue weighted by molar-refractivity contribution is 0.00569. The first-order valence-electron chi connectivity index (χ1n) is 9.23. The number of hydrogen-bond donors (Lipinski definition) is 0. The Morgan fingerprint density at radius 3 is 2.25 bits per heavy atom. The van der Waals surface area contributed by atoms with Gasteiger partial charge < -0.3 is 24.0 Å². The fourth-order valence-corrected chi connectivity index (χ4v) is 4.10. The smallest absolute Gasteiger partial charge is 0.254 e. The Labute approximate surface area is 164 Å². The first-order valence-corrected chi connectivity index (χ1v) is 9.23. The molecular formula is C20H24N4O4. The van der Waals surface area contributed by atoms with E-state index >= 15 is 0 Å². The summed E-state index contributed by atoms with van der Waals surface area (Å²) in [7, 11) is 4.64. The summed E-state index contributed by atoms with van der Waals surface area (Å²) >= 11 is 0. The SMILES string of the molecule is COc1cc(C(=O)N2C3CC2CN(c2ccnc(C)n2)C3)cc(OC)c1OC. The highest BCUT2D eigenvalue weighted by molar-refractivity contribution is 5.97. The minimum atomic E-state index is -0.0148. The third-order valence-corrected chi connectivity index (χ3v) is 5.42. The molecular weight excluding hydrogens is 360 g/mol. The van der Waals surface area contributed by atoms with Gasteiger partial charge in [-0.05, 0) is 31.5 Å². The number of piperazine rings is 1. The number of aryl methyl sites for hydroxylation is 1. The maximum atomic E-state index is 13.2. The number of benzene rings is 1. The van der Waals surface area contributed by atoms with Crippen LogP contribution in [0.5, 0.6) is 17.2 Å². The number of carbonyl (C=O) groups excluding carboxylic acids is 1. The number of carbonyl (C=O) groups is 1. The fraction of sp³-hybridized carbons (Fsp3) is 0.450. The van der Waals surface area contributed by atoms with Crippen molar-refractivity contribution in [2.45, 2.75) is 25.4 Å². The molecule has 3 aliphatic rings. The highest BCUT2D eigenvalue weighted by Crippen LogP contribution is 2.40. The quantitative estimate of drug-likeness (QED) is 0.779. The van der Waals surface area contributed by atoms with E-state index in [0.29, 0.717) is 22.8 Å². The number of methoxy groups -OCH3 is 3. The zero-order chi connectivity index (χ0) is 19.8. The summed E-state index contributed by atoms with van der Waals surface area (Å²) in [5, 5.41) is 0. The van der Waals surface area contributed by atoms with E-state index in [1.54, 1.807) is 39.7 Å². The number of ether oxygens (including phenoxy) is 3. The van der Waals surface area contributed by atoms with Crippen molar-refractivity contribution in [2.24, 2.45) is 0 Å². The predicted octanol–water partition coefficient (Wildman–Crippen LogP) is 1.91. The molecule has 2 aromatic rings. The van der Waals surface area contributed by atoms with Gasteiger partial charge in [-0.3, -0.25) is 4.79 Å². The minimum absolute atomic E-state index is 0.0148. The second-order valence-electron chi connectivity index (χ2n) is 7.04.